The molecule has 160 valence electrons. The molecule has 1 saturated heterocycles. The molecule has 2 aromatic carbocycles. The predicted molar refractivity (Wildman–Crippen MR) is 125 cm³/mol. The lowest BCUT2D eigenvalue weighted by molar-refractivity contribution is 0.396. The number of hydrogen-bond donors (Lipinski definition) is 1. The average Bonchev–Trinajstić information content (AvgIpc) is 2.87. The van der Waals surface area contributed by atoms with E-state index in [0.29, 0.717) is 0 Å². The van der Waals surface area contributed by atoms with Gasteiger partial charge < -0.3 is 4.90 Å². The van der Waals surface area contributed by atoms with Gasteiger partial charge >= 0.3 is 0 Å². The molecule has 3 aromatic rings. The number of fused-ring (bicyclic) bond motifs is 5. The van der Waals surface area contributed by atoms with Crippen molar-refractivity contribution >= 4 is 15.7 Å². The molecule has 2 aliphatic heterocycles. The number of anilines is 1. The summed E-state index contributed by atoms with van der Waals surface area (Å²) in [5, 5.41) is 0. The summed E-state index contributed by atoms with van der Waals surface area (Å²) < 4.78 is 26.6. The highest BCUT2D eigenvalue weighted by Crippen LogP contribution is 2.47. The number of nitrogens with one attached hydrogen (secondary N) is 1. The Balaban J connectivity index is 1.61. The summed E-state index contributed by atoms with van der Waals surface area (Å²) in [6.07, 6.45) is 6.47. The van der Waals surface area contributed by atoms with E-state index in [9.17, 15) is 8.42 Å². The van der Waals surface area contributed by atoms with E-state index in [2.05, 4.69) is 64.0 Å². The molecule has 3 atom stereocenters. The quantitative estimate of drug-likeness (QED) is 0.662. The van der Waals surface area contributed by atoms with E-state index in [1.54, 1.807) is 0 Å². The summed E-state index contributed by atoms with van der Waals surface area (Å²) in [5.41, 5.74) is 7.55. The molecule has 0 unspecified atom stereocenters. The Kier molecular flexibility index (Phi) is 5.07. The van der Waals surface area contributed by atoms with Crippen LogP contribution in [0.5, 0.6) is 0 Å². The normalized spacial score (nSPS) is 22.8. The van der Waals surface area contributed by atoms with E-state index in [4.69, 9.17) is 0 Å². The van der Waals surface area contributed by atoms with E-state index >= 15 is 0 Å². The van der Waals surface area contributed by atoms with Gasteiger partial charge in [0, 0.05) is 36.6 Å². The van der Waals surface area contributed by atoms with Gasteiger partial charge in [0.2, 0.25) is 10.0 Å². The van der Waals surface area contributed by atoms with Crippen LogP contribution in [0.3, 0.4) is 0 Å². The van der Waals surface area contributed by atoms with Crippen molar-refractivity contribution in [2.75, 3.05) is 17.7 Å². The van der Waals surface area contributed by atoms with Gasteiger partial charge in [-0.15, -0.1) is 0 Å². The van der Waals surface area contributed by atoms with Gasteiger partial charge in [0.25, 0.3) is 0 Å². The summed E-state index contributed by atoms with van der Waals surface area (Å²) in [7, 11) is -3.23. The zero-order chi connectivity index (χ0) is 21.6. The van der Waals surface area contributed by atoms with Gasteiger partial charge in [-0.1, -0.05) is 37.3 Å². The number of hydrogen-bond acceptors (Lipinski definition) is 4. The third-order valence-electron chi connectivity index (χ3n) is 6.62. The Morgan fingerprint density at radius 1 is 0.968 bits per heavy atom. The van der Waals surface area contributed by atoms with Gasteiger partial charge in [-0.25, -0.2) is 13.1 Å². The Labute approximate surface area is 184 Å². The number of sulfonamides is 1. The van der Waals surface area contributed by atoms with Crippen molar-refractivity contribution < 1.29 is 8.42 Å². The van der Waals surface area contributed by atoms with E-state index in [-0.39, 0.29) is 18.0 Å². The highest BCUT2D eigenvalue weighted by Gasteiger charge is 2.36. The van der Waals surface area contributed by atoms with Gasteiger partial charge in [-0.05, 0) is 64.9 Å². The zero-order valence-electron chi connectivity index (χ0n) is 17.8. The first-order chi connectivity index (χ1) is 14.9. The van der Waals surface area contributed by atoms with E-state index < -0.39 is 10.0 Å². The largest absolute Gasteiger partial charge is 0.364 e. The first-order valence-electron chi connectivity index (χ1n) is 10.8. The van der Waals surface area contributed by atoms with Gasteiger partial charge in [0.15, 0.2) is 0 Å². The zero-order valence-corrected chi connectivity index (χ0v) is 18.6. The molecule has 1 N–H and O–H groups in total. The summed E-state index contributed by atoms with van der Waals surface area (Å²) in [6, 6.07) is 19.6. The first kappa shape index (κ1) is 20.2. The molecule has 0 aliphatic carbocycles. The van der Waals surface area contributed by atoms with Crippen molar-refractivity contribution in [3.63, 3.8) is 0 Å². The smallest absolute Gasteiger partial charge is 0.208 e. The monoisotopic (exact) mass is 433 g/mol. The van der Waals surface area contributed by atoms with Crippen LogP contribution in [0.15, 0.2) is 67.0 Å². The molecule has 1 fully saturated rings. The van der Waals surface area contributed by atoms with Crippen molar-refractivity contribution in [2.45, 2.75) is 37.8 Å². The second kappa shape index (κ2) is 7.77. The Hall–Kier alpha value is -2.70. The van der Waals surface area contributed by atoms with E-state index in [1.165, 1.54) is 34.2 Å². The van der Waals surface area contributed by atoms with Crippen LogP contribution in [-0.4, -0.2) is 32.2 Å². The van der Waals surface area contributed by atoms with Crippen molar-refractivity contribution in [2.24, 2.45) is 0 Å². The maximum atomic E-state index is 11.9. The molecule has 0 radical (unpaired) electrons. The van der Waals surface area contributed by atoms with Crippen molar-refractivity contribution in [1.29, 1.82) is 0 Å². The average molecular weight is 434 g/mol. The van der Waals surface area contributed by atoms with Crippen LogP contribution in [0.4, 0.5) is 5.69 Å². The number of piperidine rings is 1. The lowest BCUT2D eigenvalue weighted by atomic mass is 9.86. The molecule has 3 heterocycles. The Bertz CT molecular complexity index is 1210. The second-order valence-electron chi connectivity index (χ2n) is 8.68. The molecule has 0 spiro atoms. The van der Waals surface area contributed by atoms with Crippen molar-refractivity contribution in [3.8, 4) is 11.1 Å². The molecule has 0 bridgehead atoms. The third-order valence-corrected chi connectivity index (χ3v) is 7.38. The summed E-state index contributed by atoms with van der Waals surface area (Å²) in [5.74, 6) is 0.250. The van der Waals surface area contributed by atoms with E-state index in [1.807, 2.05) is 24.5 Å². The standard InChI is InChI=1S/C25H27N3O2S/c1-17-21-5-3-4-6-22(21)25-16-20(27-31(2,29)30)11-14-28(25)24-8-7-19(15-23(17)24)18-9-12-26-13-10-18/h3-10,12-13,15,17,20,25,27H,11,14,16H2,1-2H3/t17-,20-,25-/m1/s1. The highest BCUT2D eigenvalue weighted by atomic mass is 32.2. The molecule has 1 aromatic heterocycles. The fourth-order valence-corrected chi connectivity index (χ4v) is 6.04. The summed E-state index contributed by atoms with van der Waals surface area (Å²) in [6.45, 7) is 3.10. The number of rotatable bonds is 3. The van der Waals surface area contributed by atoms with Gasteiger partial charge in [0.05, 0.1) is 12.3 Å². The fourth-order valence-electron chi connectivity index (χ4n) is 5.22. The summed E-state index contributed by atoms with van der Waals surface area (Å²) in [4.78, 5) is 6.63. The first-order valence-corrected chi connectivity index (χ1v) is 12.7. The highest BCUT2D eigenvalue weighted by molar-refractivity contribution is 7.88. The fraction of sp³-hybridized carbons (Fsp3) is 0.320. The number of pyridine rings is 1. The topological polar surface area (TPSA) is 62.3 Å². The Morgan fingerprint density at radius 2 is 1.71 bits per heavy atom. The van der Waals surface area contributed by atoms with Crippen LogP contribution < -0.4 is 9.62 Å². The van der Waals surface area contributed by atoms with Gasteiger partial charge in [0.1, 0.15) is 0 Å². The van der Waals surface area contributed by atoms with Crippen LogP contribution in [0.2, 0.25) is 0 Å². The molecule has 0 saturated carbocycles. The molecular weight excluding hydrogens is 406 g/mol. The van der Waals surface area contributed by atoms with Crippen LogP contribution in [-0.2, 0) is 10.0 Å². The molecule has 2 aliphatic rings. The van der Waals surface area contributed by atoms with Gasteiger partial charge in [-0.3, -0.25) is 4.98 Å². The minimum Gasteiger partial charge on any atom is -0.364 e. The predicted octanol–water partition coefficient (Wildman–Crippen LogP) is 4.47. The second-order valence-corrected chi connectivity index (χ2v) is 10.5. The van der Waals surface area contributed by atoms with Gasteiger partial charge in [-0.2, -0.15) is 0 Å². The van der Waals surface area contributed by atoms with Crippen LogP contribution in [0.1, 0.15) is 48.4 Å². The van der Waals surface area contributed by atoms with Crippen molar-refractivity contribution in [1.82, 2.24) is 9.71 Å². The number of benzene rings is 2. The SMILES string of the molecule is C[C@@H]1c2ccccc2[C@H]2C[C@H](NS(C)(=O)=O)CCN2c2ccc(-c3ccncc3)cc21. The minimum absolute atomic E-state index is 0.0442. The molecule has 31 heavy (non-hydrogen) atoms. The number of nitrogens with zero attached hydrogens (tertiary/aromatic N) is 2. The van der Waals surface area contributed by atoms with Crippen LogP contribution in [0, 0.1) is 0 Å². The number of aromatic nitrogens is 1. The van der Waals surface area contributed by atoms with Crippen molar-refractivity contribution in [3.05, 3.63) is 83.7 Å². The van der Waals surface area contributed by atoms with Crippen LogP contribution >= 0.6 is 0 Å². The molecule has 5 nitrogen and oxygen atoms in total. The molecular formula is C25H27N3O2S. The maximum Gasteiger partial charge on any atom is 0.208 e. The minimum atomic E-state index is -3.23. The third kappa shape index (κ3) is 3.86. The Morgan fingerprint density at radius 3 is 2.45 bits per heavy atom. The lowest BCUT2D eigenvalue weighted by Gasteiger charge is -2.41. The summed E-state index contributed by atoms with van der Waals surface area (Å²) >= 11 is 0. The molecule has 0 amide bonds. The molecule has 6 heteroatoms. The lowest BCUT2D eigenvalue weighted by Crippen LogP contribution is -2.46. The van der Waals surface area contributed by atoms with E-state index in [0.717, 1.165) is 24.9 Å². The maximum absolute atomic E-state index is 11.9. The van der Waals surface area contributed by atoms with Crippen LogP contribution in [0.25, 0.3) is 11.1 Å². The molecule has 5 rings (SSSR count).